The molecular formula is C18H28N4O3S. The molecule has 0 unspecified atom stereocenters. The van der Waals surface area contributed by atoms with Gasteiger partial charge in [-0.2, -0.15) is 0 Å². The van der Waals surface area contributed by atoms with E-state index in [1.807, 2.05) is 20.1 Å². The van der Waals surface area contributed by atoms with Gasteiger partial charge in [0.05, 0.1) is 12.4 Å². The van der Waals surface area contributed by atoms with Crippen molar-refractivity contribution in [2.24, 2.45) is 0 Å². The van der Waals surface area contributed by atoms with E-state index >= 15 is 0 Å². The van der Waals surface area contributed by atoms with Gasteiger partial charge in [0, 0.05) is 32.0 Å². The highest BCUT2D eigenvalue weighted by atomic mass is 32.2. The van der Waals surface area contributed by atoms with Crippen LogP contribution in [0.3, 0.4) is 0 Å². The van der Waals surface area contributed by atoms with Crippen molar-refractivity contribution in [2.75, 3.05) is 19.8 Å². The van der Waals surface area contributed by atoms with Crippen molar-refractivity contribution < 1.29 is 14.4 Å². The third-order valence-electron chi connectivity index (χ3n) is 4.29. The molecule has 0 atom stereocenters. The van der Waals surface area contributed by atoms with Gasteiger partial charge in [0.1, 0.15) is 17.0 Å². The number of nitrogens with zero attached hydrogens (tertiary/aromatic N) is 3. The molecule has 0 saturated heterocycles. The van der Waals surface area contributed by atoms with E-state index in [9.17, 15) is 14.4 Å². The molecule has 1 aromatic heterocycles. The summed E-state index contributed by atoms with van der Waals surface area (Å²) < 4.78 is 0. The number of carbonyl (C=O) groups is 3. The Morgan fingerprint density at radius 2 is 1.96 bits per heavy atom. The summed E-state index contributed by atoms with van der Waals surface area (Å²) in [5, 5.41) is 3.58. The fraction of sp³-hybridized carbons (Fsp3) is 0.611. The van der Waals surface area contributed by atoms with E-state index < -0.39 is 5.54 Å². The Bertz CT molecular complexity index is 605. The van der Waals surface area contributed by atoms with Crippen LogP contribution in [0.15, 0.2) is 17.4 Å². The fourth-order valence-electron chi connectivity index (χ4n) is 2.26. The molecule has 0 radical (unpaired) electrons. The Labute approximate surface area is 159 Å². The highest BCUT2D eigenvalue weighted by molar-refractivity contribution is 7.98. The number of thioether (sulfide) groups is 1. The lowest BCUT2D eigenvalue weighted by Gasteiger charge is -2.34. The molecule has 0 bridgehead atoms. The van der Waals surface area contributed by atoms with Crippen molar-refractivity contribution in [3.05, 3.63) is 18.1 Å². The van der Waals surface area contributed by atoms with E-state index in [0.29, 0.717) is 25.1 Å². The Kier molecular flexibility index (Phi) is 9.26. The van der Waals surface area contributed by atoms with Crippen molar-refractivity contribution in [1.29, 1.82) is 0 Å². The average Bonchev–Trinajstić information content (AvgIpc) is 2.63. The van der Waals surface area contributed by atoms with Crippen LogP contribution in [0.25, 0.3) is 0 Å². The fourth-order valence-corrected chi connectivity index (χ4v) is 2.57. The van der Waals surface area contributed by atoms with Gasteiger partial charge in [0.15, 0.2) is 0 Å². The topological polar surface area (TPSA) is 92.3 Å². The number of rotatable bonds is 11. The molecule has 1 N–H and O–H groups in total. The van der Waals surface area contributed by atoms with Crippen molar-refractivity contribution in [3.63, 3.8) is 0 Å². The van der Waals surface area contributed by atoms with Gasteiger partial charge < -0.3 is 15.0 Å². The first-order chi connectivity index (χ1) is 12.3. The number of carbonyl (C=O) groups excluding carboxylic acids is 3. The number of unbranched alkanes of at least 4 members (excludes halogenated alkanes) is 2. The highest BCUT2D eigenvalue weighted by Crippen LogP contribution is 2.17. The second-order valence-corrected chi connectivity index (χ2v) is 7.47. The zero-order valence-corrected chi connectivity index (χ0v) is 16.8. The number of hydrogen-bond acceptors (Lipinski definition) is 6. The van der Waals surface area contributed by atoms with Crippen molar-refractivity contribution in [3.8, 4) is 0 Å². The minimum absolute atomic E-state index is 0.0324. The summed E-state index contributed by atoms with van der Waals surface area (Å²) in [5.74, 6) is -0.207. The first-order valence-corrected chi connectivity index (χ1v) is 9.89. The molecule has 8 heteroatoms. The summed E-state index contributed by atoms with van der Waals surface area (Å²) in [5.41, 5.74) is -0.156. The van der Waals surface area contributed by atoms with Crippen LogP contribution in [0.5, 0.6) is 0 Å². The van der Waals surface area contributed by atoms with Crippen LogP contribution >= 0.6 is 11.8 Å². The average molecular weight is 381 g/mol. The molecule has 0 saturated carbocycles. The molecule has 144 valence electrons. The van der Waals surface area contributed by atoms with Crippen molar-refractivity contribution >= 4 is 29.9 Å². The molecule has 0 spiro atoms. The number of hydrogen-bond donors (Lipinski definition) is 1. The predicted octanol–water partition coefficient (Wildman–Crippen LogP) is 2.31. The van der Waals surface area contributed by atoms with Crippen LogP contribution in [0.4, 0.5) is 0 Å². The van der Waals surface area contributed by atoms with E-state index in [4.69, 9.17) is 0 Å². The SMILES string of the molecule is CSc1cnc(C(=O)NCCCCCC(=O)N(C)C(C)(C)CC=O)cn1. The largest absolute Gasteiger partial charge is 0.351 e. The Morgan fingerprint density at radius 3 is 2.54 bits per heavy atom. The number of amides is 2. The van der Waals surface area contributed by atoms with Gasteiger partial charge in [-0.15, -0.1) is 11.8 Å². The van der Waals surface area contributed by atoms with Crippen LogP contribution in [-0.2, 0) is 9.59 Å². The van der Waals surface area contributed by atoms with E-state index in [-0.39, 0.29) is 11.8 Å². The summed E-state index contributed by atoms with van der Waals surface area (Å²) >= 11 is 1.47. The maximum Gasteiger partial charge on any atom is 0.271 e. The third kappa shape index (κ3) is 7.11. The van der Waals surface area contributed by atoms with E-state index in [1.165, 1.54) is 18.0 Å². The Morgan fingerprint density at radius 1 is 1.23 bits per heavy atom. The van der Waals surface area contributed by atoms with E-state index in [0.717, 1.165) is 30.6 Å². The van der Waals surface area contributed by atoms with Crippen LogP contribution < -0.4 is 5.32 Å². The normalized spacial score (nSPS) is 11.1. The highest BCUT2D eigenvalue weighted by Gasteiger charge is 2.26. The van der Waals surface area contributed by atoms with Gasteiger partial charge in [-0.05, 0) is 32.9 Å². The zero-order valence-electron chi connectivity index (χ0n) is 15.9. The smallest absolute Gasteiger partial charge is 0.271 e. The minimum Gasteiger partial charge on any atom is -0.351 e. The lowest BCUT2D eigenvalue weighted by Crippen LogP contribution is -2.45. The maximum absolute atomic E-state index is 12.2. The van der Waals surface area contributed by atoms with Crippen LogP contribution in [-0.4, -0.2) is 58.4 Å². The van der Waals surface area contributed by atoms with Crippen LogP contribution in [0.2, 0.25) is 0 Å². The van der Waals surface area contributed by atoms with Gasteiger partial charge in [0.2, 0.25) is 5.91 Å². The molecule has 7 nitrogen and oxygen atoms in total. The van der Waals surface area contributed by atoms with Crippen LogP contribution in [0.1, 0.15) is 56.4 Å². The molecule has 0 aliphatic carbocycles. The van der Waals surface area contributed by atoms with Gasteiger partial charge in [-0.3, -0.25) is 9.59 Å². The molecule has 1 heterocycles. The van der Waals surface area contributed by atoms with Crippen molar-refractivity contribution in [2.45, 2.75) is 56.5 Å². The third-order valence-corrected chi connectivity index (χ3v) is 4.92. The van der Waals surface area contributed by atoms with Gasteiger partial charge in [-0.1, -0.05) is 6.42 Å². The predicted molar refractivity (Wildman–Crippen MR) is 102 cm³/mol. The lowest BCUT2D eigenvalue weighted by molar-refractivity contribution is -0.135. The van der Waals surface area contributed by atoms with Crippen molar-refractivity contribution in [1.82, 2.24) is 20.2 Å². The summed E-state index contributed by atoms with van der Waals surface area (Å²) in [6.07, 6.45) is 8.92. The van der Waals surface area contributed by atoms with E-state index in [2.05, 4.69) is 15.3 Å². The quantitative estimate of drug-likeness (QED) is 0.360. The summed E-state index contributed by atoms with van der Waals surface area (Å²) in [6, 6.07) is 0. The first kappa shape index (κ1) is 22.1. The monoisotopic (exact) mass is 380 g/mol. The summed E-state index contributed by atoms with van der Waals surface area (Å²) in [6.45, 7) is 4.29. The minimum atomic E-state index is -0.459. The number of nitrogens with one attached hydrogen (secondary N) is 1. The number of aromatic nitrogens is 2. The molecule has 2 amide bonds. The molecular weight excluding hydrogens is 352 g/mol. The Balaban J connectivity index is 2.23. The Hall–Kier alpha value is -1.96. The first-order valence-electron chi connectivity index (χ1n) is 8.66. The van der Waals surface area contributed by atoms with E-state index in [1.54, 1.807) is 18.1 Å². The summed E-state index contributed by atoms with van der Waals surface area (Å²) in [4.78, 5) is 44.6. The second kappa shape index (κ2) is 10.9. The van der Waals surface area contributed by atoms with Gasteiger partial charge in [0.25, 0.3) is 5.91 Å². The molecule has 0 aliphatic heterocycles. The van der Waals surface area contributed by atoms with Gasteiger partial charge >= 0.3 is 0 Å². The standard InChI is InChI=1S/C18H28N4O3S/c1-18(2,9-11-23)22(3)16(24)8-6-5-7-10-19-17(25)14-12-21-15(26-4)13-20-14/h11-13H,5-10H2,1-4H3,(H,19,25). The second-order valence-electron chi connectivity index (χ2n) is 6.65. The number of aldehydes is 1. The lowest BCUT2D eigenvalue weighted by atomic mass is 9.99. The molecule has 0 fully saturated rings. The molecule has 1 aromatic rings. The van der Waals surface area contributed by atoms with Crippen LogP contribution in [0, 0.1) is 0 Å². The molecule has 1 rings (SSSR count). The van der Waals surface area contributed by atoms with Gasteiger partial charge in [-0.25, -0.2) is 9.97 Å². The zero-order chi connectivity index (χ0) is 19.6. The summed E-state index contributed by atoms with van der Waals surface area (Å²) in [7, 11) is 1.73. The molecule has 26 heavy (non-hydrogen) atoms. The molecule has 0 aromatic carbocycles. The maximum atomic E-state index is 12.2. The molecule has 0 aliphatic rings.